The number of carbonyl (C=O) groups excluding carboxylic acids is 1. The second kappa shape index (κ2) is 6.43. The first-order chi connectivity index (χ1) is 10.3. The van der Waals surface area contributed by atoms with Crippen molar-refractivity contribution >= 4 is 17.3 Å². The summed E-state index contributed by atoms with van der Waals surface area (Å²) in [5.74, 6) is -0.0243. The van der Waals surface area contributed by atoms with Gasteiger partial charge in [0.2, 0.25) is 0 Å². The van der Waals surface area contributed by atoms with Gasteiger partial charge in [-0.05, 0) is 19.1 Å². The lowest BCUT2D eigenvalue weighted by molar-refractivity contribution is -0.184. The van der Waals surface area contributed by atoms with E-state index < -0.39 is 24.8 Å². The predicted octanol–water partition coefficient (Wildman–Crippen LogP) is 2.42. The van der Waals surface area contributed by atoms with Crippen molar-refractivity contribution in [2.45, 2.75) is 19.2 Å². The number of nitrogens with one attached hydrogen (secondary N) is 1. The third kappa shape index (κ3) is 4.27. The summed E-state index contributed by atoms with van der Waals surface area (Å²) in [7, 11) is 1.92. The standard InChI is InChI=1S/C14H17F3N2O3/c1-9(22-8-14(15,16)17)13(20)18-10-3-4-11-12(7-10)21-6-5-19(11)2/h3-4,7,9H,5-6,8H2,1-2H3,(H,18,20)/t9-/m0/s1. The van der Waals surface area contributed by atoms with Crippen molar-refractivity contribution in [1.82, 2.24) is 0 Å². The largest absolute Gasteiger partial charge is 0.489 e. The van der Waals surface area contributed by atoms with Gasteiger partial charge in [-0.15, -0.1) is 0 Å². The molecule has 0 aliphatic carbocycles. The molecule has 122 valence electrons. The van der Waals surface area contributed by atoms with Gasteiger partial charge in [0, 0.05) is 18.8 Å². The Morgan fingerprint density at radius 1 is 1.50 bits per heavy atom. The Morgan fingerprint density at radius 2 is 2.23 bits per heavy atom. The Balaban J connectivity index is 1.97. The zero-order valence-corrected chi connectivity index (χ0v) is 12.2. The molecule has 0 saturated heterocycles. The second-order valence-corrected chi connectivity index (χ2v) is 5.01. The topological polar surface area (TPSA) is 50.8 Å². The van der Waals surface area contributed by atoms with Gasteiger partial charge in [0.1, 0.15) is 25.1 Å². The van der Waals surface area contributed by atoms with Gasteiger partial charge in [0.25, 0.3) is 5.91 Å². The number of amides is 1. The van der Waals surface area contributed by atoms with E-state index in [9.17, 15) is 18.0 Å². The highest BCUT2D eigenvalue weighted by atomic mass is 19.4. The molecule has 5 nitrogen and oxygen atoms in total. The maximum atomic E-state index is 12.1. The fourth-order valence-electron chi connectivity index (χ4n) is 1.97. The van der Waals surface area contributed by atoms with E-state index in [1.807, 2.05) is 11.9 Å². The number of fused-ring (bicyclic) bond motifs is 1. The van der Waals surface area contributed by atoms with Crippen LogP contribution in [-0.2, 0) is 9.53 Å². The Labute approximate surface area is 126 Å². The van der Waals surface area contributed by atoms with E-state index >= 15 is 0 Å². The number of benzene rings is 1. The minimum absolute atomic E-state index is 0.446. The lowest BCUT2D eigenvalue weighted by Crippen LogP contribution is -2.32. The molecule has 1 amide bonds. The predicted molar refractivity (Wildman–Crippen MR) is 75.3 cm³/mol. The van der Waals surface area contributed by atoms with Crippen molar-refractivity contribution in [2.75, 3.05) is 37.0 Å². The quantitative estimate of drug-likeness (QED) is 0.926. The lowest BCUT2D eigenvalue weighted by atomic mass is 10.2. The summed E-state index contributed by atoms with van der Waals surface area (Å²) in [4.78, 5) is 13.8. The van der Waals surface area contributed by atoms with Gasteiger partial charge >= 0.3 is 6.18 Å². The molecule has 0 unspecified atom stereocenters. The van der Waals surface area contributed by atoms with Crippen molar-refractivity contribution in [3.63, 3.8) is 0 Å². The Bertz CT molecular complexity index is 549. The van der Waals surface area contributed by atoms with Crippen molar-refractivity contribution in [1.29, 1.82) is 0 Å². The molecule has 8 heteroatoms. The number of carbonyl (C=O) groups is 1. The van der Waals surface area contributed by atoms with Crippen LogP contribution in [0.1, 0.15) is 6.92 Å². The Kier molecular flexibility index (Phi) is 4.80. The van der Waals surface area contributed by atoms with E-state index in [-0.39, 0.29) is 0 Å². The molecule has 1 heterocycles. The first-order valence-corrected chi connectivity index (χ1v) is 6.73. The molecule has 22 heavy (non-hydrogen) atoms. The molecule has 0 bridgehead atoms. The summed E-state index contributed by atoms with van der Waals surface area (Å²) < 4.78 is 46.2. The maximum Gasteiger partial charge on any atom is 0.411 e. The number of nitrogens with zero attached hydrogens (tertiary/aromatic N) is 1. The van der Waals surface area contributed by atoms with Crippen LogP contribution in [0, 0.1) is 0 Å². The van der Waals surface area contributed by atoms with Gasteiger partial charge in [-0.25, -0.2) is 0 Å². The summed E-state index contributed by atoms with van der Waals surface area (Å²) >= 11 is 0. The zero-order valence-electron chi connectivity index (χ0n) is 12.2. The average Bonchev–Trinajstić information content (AvgIpc) is 2.44. The van der Waals surface area contributed by atoms with Crippen LogP contribution in [0.25, 0.3) is 0 Å². The lowest BCUT2D eigenvalue weighted by Gasteiger charge is -2.28. The second-order valence-electron chi connectivity index (χ2n) is 5.01. The van der Waals surface area contributed by atoms with Gasteiger partial charge < -0.3 is 19.7 Å². The summed E-state index contributed by atoms with van der Waals surface area (Å²) in [5, 5.41) is 2.51. The minimum Gasteiger partial charge on any atom is -0.489 e. The van der Waals surface area contributed by atoms with E-state index in [0.717, 1.165) is 12.2 Å². The normalized spacial score (nSPS) is 15.8. The van der Waals surface area contributed by atoms with Crippen molar-refractivity contribution in [3.05, 3.63) is 18.2 Å². The molecule has 0 radical (unpaired) electrons. The van der Waals surface area contributed by atoms with Gasteiger partial charge in [0.15, 0.2) is 0 Å². The van der Waals surface area contributed by atoms with Gasteiger partial charge in [0.05, 0.1) is 12.2 Å². The highest BCUT2D eigenvalue weighted by Gasteiger charge is 2.30. The molecular weight excluding hydrogens is 301 g/mol. The van der Waals surface area contributed by atoms with Crippen LogP contribution < -0.4 is 15.0 Å². The van der Waals surface area contributed by atoms with Gasteiger partial charge in [-0.1, -0.05) is 0 Å². The number of halogens is 3. The first-order valence-electron chi connectivity index (χ1n) is 6.73. The zero-order chi connectivity index (χ0) is 16.3. The molecule has 2 rings (SSSR count). The Morgan fingerprint density at radius 3 is 2.91 bits per heavy atom. The average molecular weight is 318 g/mol. The molecule has 0 saturated carbocycles. The number of anilines is 2. The van der Waals surface area contributed by atoms with Gasteiger partial charge in [-0.2, -0.15) is 13.2 Å². The van der Waals surface area contributed by atoms with Crippen molar-refractivity contribution in [2.24, 2.45) is 0 Å². The fraction of sp³-hybridized carbons (Fsp3) is 0.500. The summed E-state index contributed by atoms with van der Waals surface area (Å²) in [5.41, 5.74) is 1.34. The molecule has 1 aliphatic heterocycles. The molecule has 1 aromatic rings. The fourth-order valence-corrected chi connectivity index (χ4v) is 1.97. The van der Waals surface area contributed by atoms with E-state index in [1.165, 1.54) is 6.92 Å². The number of hydrogen-bond acceptors (Lipinski definition) is 4. The molecule has 0 aromatic heterocycles. The molecule has 0 spiro atoms. The van der Waals surface area contributed by atoms with E-state index in [0.29, 0.717) is 18.0 Å². The third-order valence-corrected chi connectivity index (χ3v) is 3.19. The van der Waals surface area contributed by atoms with Crippen molar-refractivity contribution in [3.8, 4) is 5.75 Å². The van der Waals surface area contributed by atoms with Crippen LogP contribution in [-0.4, -0.2) is 45.0 Å². The summed E-state index contributed by atoms with van der Waals surface area (Å²) in [6.45, 7) is 1.11. The molecule has 0 fully saturated rings. The van der Waals surface area contributed by atoms with Crippen LogP contribution >= 0.6 is 0 Å². The van der Waals surface area contributed by atoms with E-state index in [1.54, 1.807) is 18.2 Å². The molecule has 1 atom stereocenters. The minimum atomic E-state index is -4.46. The van der Waals surface area contributed by atoms with Crippen LogP contribution in [0.15, 0.2) is 18.2 Å². The van der Waals surface area contributed by atoms with Gasteiger partial charge in [-0.3, -0.25) is 4.79 Å². The highest BCUT2D eigenvalue weighted by Crippen LogP contribution is 2.33. The third-order valence-electron chi connectivity index (χ3n) is 3.19. The van der Waals surface area contributed by atoms with Crippen LogP contribution in [0.5, 0.6) is 5.75 Å². The Hall–Kier alpha value is -1.96. The number of ether oxygens (including phenoxy) is 2. The van der Waals surface area contributed by atoms with E-state index in [2.05, 4.69) is 10.1 Å². The summed E-state index contributed by atoms with van der Waals surface area (Å²) in [6.07, 6.45) is -5.67. The molecule has 1 aromatic carbocycles. The molecular formula is C14H17F3N2O3. The highest BCUT2D eigenvalue weighted by molar-refractivity contribution is 5.94. The number of alkyl halides is 3. The smallest absolute Gasteiger partial charge is 0.411 e. The maximum absolute atomic E-state index is 12.1. The monoisotopic (exact) mass is 318 g/mol. The van der Waals surface area contributed by atoms with Crippen LogP contribution in [0.4, 0.5) is 24.5 Å². The van der Waals surface area contributed by atoms with Crippen LogP contribution in [0.3, 0.4) is 0 Å². The number of likely N-dealkylation sites (N-methyl/N-ethyl adjacent to an activating group) is 1. The first kappa shape index (κ1) is 16.4. The van der Waals surface area contributed by atoms with Crippen LogP contribution in [0.2, 0.25) is 0 Å². The molecule has 1 aliphatic rings. The van der Waals surface area contributed by atoms with Crippen molar-refractivity contribution < 1.29 is 27.4 Å². The SMILES string of the molecule is C[C@H](OCC(F)(F)F)C(=O)Nc1ccc2c(c1)OCCN2C. The number of rotatable bonds is 4. The molecule has 1 N–H and O–H groups in total. The number of hydrogen-bond donors (Lipinski definition) is 1. The summed E-state index contributed by atoms with van der Waals surface area (Å²) in [6, 6.07) is 5.09. The van der Waals surface area contributed by atoms with E-state index in [4.69, 9.17) is 4.74 Å².